The third kappa shape index (κ3) is 2.75. The number of nitrogens with zero attached hydrogens (tertiary/aromatic N) is 4. The number of aromatic amines is 1. The molecule has 2 aromatic heterocycles. The molecule has 7 nitrogen and oxygen atoms in total. The average Bonchev–Trinajstić information content (AvgIpc) is 3.31. The minimum absolute atomic E-state index is 0.0000609. The molecule has 2 aromatic carbocycles. The molecule has 3 atom stereocenters. The molecular weight excluding hydrogens is 397 g/mol. The van der Waals surface area contributed by atoms with E-state index in [2.05, 4.69) is 25.8 Å². The fourth-order valence-corrected chi connectivity index (χ4v) is 4.17. The standard InChI is InChI=1S/C20H17F3N6O/c1-10-15-18(30)17(29-14-9-5-4-8-13(14)26-28-29)16(24-19(15)27-25-10)11-6-2-3-7-12(11)20(21,22)23/h2-9,16-18,30H,1H3,(H2,24,25,27)/t16-,17-,18-/m1/s1. The molecule has 0 spiro atoms. The molecule has 0 bridgehead atoms. The number of benzene rings is 2. The van der Waals surface area contributed by atoms with Gasteiger partial charge >= 0.3 is 6.18 Å². The first-order chi connectivity index (χ1) is 14.4. The zero-order chi connectivity index (χ0) is 21.0. The Bertz CT molecular complexity index is 1230. The molecule has 0 unspecified atom stereocenters. The van der Waals surface area contributed by atoms with Gasteiger partial charge in [0, 0.05) is 11.3 Å². The largest absolute Gasteiger partial charge is 0.416 e. The van der Waals surface area contributed by atoms with Crippen molar-refractivity contribution in [3.8, 4) is 0 Å². The Morgan fingerprint density at radius 1 is 1.07 bits per heavy atom. The van der Waals surface area contributed by atoms with Crippen molar-refractivity contribution in [1.29, 1.82) is 0 Å². The maximum atomic E-state index is 13.8. The first kappa shape index (κ1) is 18.6. The minimum atomic E-state index is -4.56. The van der Waals surface area contributed by atoms with Crippen LogP contribution in [-0.4, -0.2) is 30.3 Å². The van der Waals surface area contributed by atoms with Crippen LogP contribution in [-0.2, 0) is 6.18 Å². The van der Waals surface area contributed by atoms with Crippen LogP contribution in [0.5, 0.6) is 0 Å². The lowest BCUT2D eigenvalue weighted by molar-refractivity contribution is -0.138. The van der Waals surface area contributed by atoms with Crippen LogP contribution >= 0.6 is 0 Å². The van der Waals surface area contributed by atoms with Gasteiger partial charge in [-0.3, -0.25) is 5.10 Å². The number of fused-ring (bicyclic) bond motifs is 2. The number of aromatic nitrogens is 5. The van der Waals surface area contributed by atoms with E-state index in [0.717, 1.165) is 6.07 Å². The number of aliphatic hydroxyl groups is 1. The van der Waals surface area contributed by atoms with Crippen molar-refractivity contribution in [3.05, 3.63) is 70.9 Å². The lowest BCUT2D eigenvalue weighted by atomic mass is 9.85. The third-order valence-corrected chi connectivity index (χ3v) is 5.51. The van der Waals surface area contributed by atoms with Gasteiger partial charge in [-0.15, -0.1) is 5.10 Å². The summed E-state index contributed by atoms with van der Waals surface area (Å²) in [5, 5.41) is 29.6. The topological polar surface area (TPSA) is 91.6 Å². The summed E-state index contributed by atoms with van der Waals surface area (Å²) in [6, 6.07) is 10.6. The van der Waals surface area contributed by atoms with Gasteiger partial charge in [0.2, 0.25) is 0 Å². The molecule has 0 aliphatic carbocycles. The number of anilines is 1. The second kappa shape index (κ2) is 6.56. The van der Waals surface area contributed by atoms with Crippen LogP contribution in [0.4, 0.5) is 19.0 Å². The number of hydrogen-bond donors (Lipinski definition) is 3. The number of alkyl halides is 3. The molecule has 10 heteroatoms. The van der Waals surface area contributed by atoms with E-state index in [9.17, 15) is 18.3 Å². The SMILES string of the molecule is Cc1[nH]nc2c1[C@@H](O)[C@H](n1nnc3ccccc31)[C@@H](c1ccccc1C(F)(F)F)N2. The summed E-state index contributed by atoms with van der Waals surface area (Å²) in [6.07, 6.45) is -5.71. The third-order valence-electron chi connectivity index (χ3n) is 5.51. The molecule has 3 N–H and O–H groups in total. The minimum Gasteiger partial charge on any atom is -0.386 e. The van der Waals surface area contributed by atoms with E-state index >= 15 is 0 Å². The first-order valence-corrected chi connectivity index (χ1v) is 9.32. The highest BCUT2D eigenvalue weighted by atomic mass is 19.4. The number of hydrogen-bond acceptors (Lipinski definition) is 5. The zero-order valence-electron chi connectivity index (χ0n) is 15.7. The van der Waals surface area contributed by atoms with Crippen molar-refractivity contribution in [2.45, 2.75) is 31.3 Å². The van der Waals surface area contributed by atoms with Crippen molar-refractivity contribution in [2.75, 3.05) is 5.32 Å². The van der Waals surface area contributed by atoms with E-state index in [1.54, 1.807) is 37.3 Å². The number of halogens is 3. The molecule has 5 rings (SSSR count). The van der Waals surface area contributed by atoms with Gasteiger partial charge in [0.05, 0.1) is 17.1 Å². The average molecular weight is 414 g/mol. The van der Waals surface area contributed by atoms with E-state index < -0.39 is 29.9 Å². The predicted molar refractivity (Wildman–Crippen MR) is 103 cm³/mol. The Labute approximate surface area is 168 Å². The summed E-state index contributed by atoms with van der Waals surface area (Å²) >= 11 is 0. The number of nitrogens with one attached hydrogen (secondary N) is 2. The Morgan fingerprint density at radius 2 is 1.80 bits per heavy atom. The second-order valence-electron chi connectivity index (χ2n) is 7.28. The number of H-pyrrole nitrogens is 1. The number of rotatable bonds is 2. The molecule has 30 heavy (non-hydrogen) atoms. The summed E-state index contributed by atoms with van der Waals surface area (Å²) in [6.45, 7) is 1.75. The molecule has 0 fully saturated rings. The van der Waals surface area contributed by atoms with E-state index in [0.29, 0.717) is 28.1 Å². The van der Waals surface area contributed by atoms with Crippen molar-refractivity contribution in [1.82, 2.24) is 25.2 Å². The highest BCUT2D eigenvalue weighted by molar-refractivity contribution is 5.74. The van der Waals surface area contributed by atoms with Crippen LogP contribution in [0.15, 0.2) is 48.5 Å². The van der Waals surface area contributed by atoms with Gasteiger partial charge in [-0.1, -0.05) is 35.5 Å². The number of aliphatic hydroxyl groups excluding tert-OH is 1. The van der Waals surface area contributed by atoms with Crippen molar-refractivity contribution >= 4 is 16.9 Å². The highest BCUT2D eigenvalue weighted by Crippen LogP contribution is 2.49. The fourth-order valence-electron chi connectivity index (χ4n) is 4.17. The van der Waals surface area contributed by atoms with E-state index in [4.69, 9.17) is 0 Å². The van der Waals surface area contributed by atoms with Gasteiger partial charge < -0.3 is 10.4 Å². The molecule has 0 amide bonds. The number of para-hydroxylation sites is 1. The molecule has 0 radical (unpaired) electrons. The Morgan fingerprint density at radius 3 is 2.60 bits per heavy atom. The lowest BCUT2D eigenvalue weighted by Crippen LogP contribution is -2.35. The summed E-state index contributed by atoms with van der Waals surface area (Å²) in [5.41, 5.74) is 1.55. The van der Waals surface area contributed by atoms with Crippen molar-refractivity contribution in [3.63, 3.8) is 0 Å². The highest BCUT2D eigenvalue weighted by Gasteiger charge is 2.45. The van der Waals surface area contributed by atoms with Crippen LogP contribution < -0.4 is 5.32 Å². The van der Waals surface area contributed by atoms with Gasteiger partial charge in [-0.25, -0.2) is 4.68 Å². The van der Waals surface area contributed by atoms with E-state index in [-0.39, 0.29) is 5.56 Å². The molecular formula is C20H17F3N6O. The molecule has 0 saturated carbocycles. The molecule has 4 aromatic rings. The molecule has 1 aliphatic rings. The summed E-state index contributed by atoms with van der Waals surface area (Å²) in [5.74, 6) is 0.322. The predicted octanol–water partition coefficient (Wildman–Crippen LogP) is 3.92. The molecule has 0 saturated heterocycles. The van der Waals surface area contributed by atoms with Gasteiger partial charge in [-0.05, 0) is 30.7 Å². The maximum absolute atomic E-state index is 13.8. The summed E-state index contributed by atoms with van der Waals surface area (Å²) < 4.78 is 42.8. The second-order valence-corrected chi connectivity index (χ2v) is 7.28. The van der Waals surface area contributed by atoms with Crippen LogP contribution in [0, 0.1) is 6.92 Å². The van der Waals surface area contributed by atoms with E-state index in [1.165, 1.54) is 16.8 Å². The van der Waals surface area contributed by atoms with Crippen LogP contribution in [0.2, 0.25) is 0 Å². The summed E-state index contributed by atoms with van der Waals surface area (Å²) in [7, 11) is 0. The Balaban J connectivity index is 1.75. The van der Waals surface area contributed by atoms with Crippen molar-refractivity contribution in [2.24, 2.45) is 0 Å². The lowest BCUT2D eigenvalue weighted by Gasteiger charge is -2.37. The quantitative estimate of drug-likeness (QED) is 0.462. The summed E-state index contributed by atoms with van der Waals surface area (Å²) in [4.78, 5) is 0. The molecule has 154 valence electrons. The van der Waals surface area contributed by atoms with Crippen LogP contribution in [0.3, 0.4) is 0 Å². The zero-order valence-corrected chi connectivity index (χ0v) is 15.7. The number of aryl methyl sites for hydroxylation is 1. The van der Waals surface area contributed by atoms with E-state index in [1.807, 2.05) is 0 Å². The van der Waals surface area contributed by atoms with Gasteiger partial charge in [0.15, 0.2) is 5.82 Å². The monoisotopic (exact) mass is 414 g/mol. The molecule has 3 heterocycles. The Hall–Kier alpha value is -3.40. The van der Waals surface area contributed by atoms with Gasteiger partial charge in [-0.2, -0.15) is 18.3 Å². The fraction of sp³-hybridized carbons (Fsp3) is 0.250. The van der Waals surface area contributed by atoms with Crippen molar-refractivity contribution < 1.29 is 18.3 Å². The Kier molecular flexibility index (Phi) is 4.07. The smallest absolute Gasteiger partial charge is 0.386 e. The first-order valence-electron chi connectivity index (χ1n) is 9.32. The van der Waals surface area contributed by atoms with Gasteiger partial charge in [0.25, 0.3) is 0 Å². The van der Waals surface area contributed by atoms with Gasteiger partial charge in [0.1, 0.15) is 17.7 Å². The maximum Gasteiger partial charge on any atom is 0.416 e. The molecule has 1 aliphatic heterocycles. The van der Waals surface area contributed by atoms with Crippen LogP contribution in [0.1, 0.15) is 40.6 Å². The van der Waals surface area contributed by atoms with Crippen LogP contribution in [0.25, 0.3) is 11.0 Å². The normalized spacial score (nSPS) is 21.4.